The van der Waals surface area contributed by atoms with Gasteiger partial charge in [0.25, 0.3) is 11.7 Å². The lowest BCUT2D eigenvalue weighted by atomic mass is 10.2. The van der Waals surface area contributed by atoms with Gasteiger partial charge in [-0.25, -0.2) is 14.4 Å². The molecule has 2 rings (SSSR count). The van der Waals surface area contributed by atoms with Gasteiger partial charge in [0.05, 0.1) is 12.7 Å². The summed E-state index contributed by atoms with van der Waals surface area (Å²) < 4.78 is 46.6. The zero-order valence-corrected chi connectivity index (χ0v) is 18.1. The largest absolute Gasteiger partial charge is 0.476 e. The van der Waals surface area contributed by atoms with Crippen molar-refractivity contribution in [1.82, 2.24) is 10.3 Å². The van der Waals surface area contributed by atoms with Crippen molar-refractivity contribution in [3.05, 3.63) is 41.7 Å². The Morgan fingerprint density at radius 3 is 2.38 bits per heavy atom. The highest BCUT2D eigenvalue weighted by Gasteiger charge is 2.35. The van der Waals surface area contributed by atoms with Crippen LogP contribution in [0.5, 0.6) is 11.6 Å². The molecule has 0 aliphatic rings. The number of nitrogens with one attached hydrogen (secondary N) is 2. The molecule has 0 saturated carbocycles. The van der Waals surface area contributed by atoms with Crippen LogP contribution >= 0.6 is 0 Å². The summed E-state index contributed by atoms with van der Waals surface area (Å²) in [7, 11) is -5.21. The molecule has 0 fully saturated rings. The van der Waals surface area contributed by atoms with Crippen LogP contribution in [0.15, 0.2) is 30.3 Å². The highest BCUT2D eigenvalue weighted by molar-refractivity contribution is 7.80. The third kappa shape index (κ3) is 6.88. The van der Waals surface area contributed by atoms with E-state index in [1.54, 1.807) is 31.2 Å². The Balaban J connectivity index is 2.65. The summed E-state index contributed by atoms with van der Waals surface area (Å²) in [5.74, 6) is -3.95. The molecule has 0 spiro atoms. The summed E-state index contributed by atoms with van der Waals surface area (Å²) in [5.41, 5.74) is 0.939. The number of aromatic nitrogens is 2. The van der Waals surface area contributed by atoms with Crippen LogP contribution in [-0.4, -0.2) is 48.9 Å². The van der Waals surface area contributed by atoms with Gasteiger partial charge in [0.1, 0.15) is 5.75 Å². The van der Waals surface area contributed by atoms with Crippen molar-refractivity contribution in [1.29, 1.82) is 0 Å². The van der Waals surface area contributed by atoms with Crippen molar-refractivity contribution in [3.8, 4) is 11.6 Å². The lowest BCUT2D eigenvalue weighted by Crippen LogP contribution is -2.55. The Morgan fingerprint density at radius 2 is 1.81 bits per heavy atom. The van der Waals surface area contributed by atoms with Gasteiger partial charge in [-0.2, -0.15) is 8.42 Å². The molecule has 3 N–H and O–H groups in total. The van der Waals surface area contributed by atoms with Gasteiger partial charge in [0.15, 0.2) is 0 Å². The molecule has 0 aliphatic carbocycles. The molecule has 2 amide bonds. The van der Waals surface area contributed by atoms with Crippen molar-refractivity contribution in [2.24, 2.45) is 0 Å². The van der Waals surface area contributed by atoms with Gasteiger partial charge in [-0.15, -0.1) is 0 Å². The van der Waals surface area contributed by atoms with E-state index in [9.17, 15) is 22.8 Å². The molecule has 2 aromatic rings. The quantitative estimate of drug-likeness (QED) is 0.204. The van der Waals surface area contributed by atoms with Crippen molar-refractivity contribution in [2.45, 2.75) is 20.8 Å². The monoisotopic (exact) mass is 469 g/mol. The average Bonchev–Trinajstić information content (AvgIpc) is 2.70. The van der Waals surface area contributed by atoms with Crippen LogP contribution in [0.3, 0.4) is 0 Å². The summed E-state index contributed by atoms with van der Waals surface area (Å²) in [6, 6.07) is 7.65. The minimum absolute atomic E-state index is 0.0342. The number of anilines is 1. The molecule has 13 nitrogen and oxygen atoms in total. The number of benzene rings is 1. The third-order valence-electron chi connectivity index (χ3n) is 3.55. The van der Waals surface area contributed by atoms with Crippen LogP contribution in [-0.2, 0) is 19.9 Å². The predicted molar refractivity (Wildman–Crippen MR) is 107 cm³/mol. The SMILES string of the molecule is CCNC(=O)C(=O)c1nc(Oc2ccc(C)cc2)cc(NC(=O)OCC)[n+]1OS(=O)(=O)O. The summed E-state index contributed by atoms with van der Waals surface area (Å²) in [6.07, 6.45) is -1.05. The number of carbonyl (C=O) groups excluding carboxylic acids is 3. The molecule has 1 aromatic heterocycles. The minimum atomic E-state index is -5.21. The number of ether oxygens (including phenoxy) is 2. The second-order valence-electron chi connectivity index (χ2n) is 6.05. The third-order valence-corrected chi connectivity index (χ3v) is 3.89. The molecule has 32 heavy (non-hydrogen) atoms. The standard InChI is InChI=1S/C18H20N4O9S/c1-4-19-17(24)15(23)16-21-14(30-12-8-6-11(3)7-9-12)10-13(20-18(25)29-5-2)22(16)31-32(26,27)28/h6-10H,4-5H2,1-3H3,(H2,19,24,26,27,28)/p+1. The Bertz CT molecular complexity index is 1120. The first-order valence-corrected chi connectivity index (χ1v) is 10.6. The Morgan fingerprint density at radius 1 is 1.16 bits per heavy atom. The van der Waals surface area contributed by atoms with Crippen molar-refractivity contribution < 1.29 is 45.8 Å². The first-order chi connectivity index (χ1) is 15.0. The first kappa shape index (κ1) is 24.5. The maximum atomic E-state index is 12.6. The number of nitrogens with zero attached hydrogens (tertiary/aromatic N) is 2. The van der Waals surface area contributed by atoms with E-state index in [0.29, 0.717) is 0 Å². The predicted octanol–water partition coefficient (Wildman–Crippen LogP) is 0.588. The molecule has 0 unspecified atom stereocenters. The number of ketones is 1. The second-order valence-corrected chi connectivity index (χ2v) is 7.05. The van der Waals surface area contributed by atoms with E-state index < -0.39 is 39.8 Å². The van der Waals surface area contributed by atoms with Crippen LogP contribution in [0.25, 0.3) is 0 Å². The zero-order valence-electron chi connectivity index (χ0n) is 17.3. The lowest BCUT2D eigenvalue weighted by Gasteiger charge is -2.10. The normalized spacial score (nSPS) is 10.8. The molecule has 14 heteroatoms. The molecule has 0 radical (unpaired) electrons. The van der Waals surface area contributed by atoms with E-state index in [-0.39, 0.29) is 29.5 Å². The molecule has 1 aromatic carbocycles. The van der Waals surface area contributed by atoms with Crippen LogP contribution in [0.1, 0.15) is 30.0 Å². The highest BCUT2D eigenvalue weighted by Crippen LogP contribution is 2.22. The number of likely N-dealkylation sites (N-methyl/N-ethyl adjacent to an activating group) is 1. The summed E-state index contributed by atoms with van der Waals surface area (Å²) >= 11 is 0. The molecule has 0 atom stereocenters. The fourth-order valence-corrected chi connectivity index (χ4v) is 2.60. The lowest BCUT2D eigenvalue weighted by molar-refractivity contribution is -0.848. The smallest absolute Gasteiger partial charge is 0.438 e. The van der Waals surface area contributed by atoms with Gasteiger partial charge in [-0.1, -0.05) is 22.7 Å². The van der Waals surface area contributed by atoms with Crippen LogP contribution in [0.2, 0.25) is 0 Å². The number of hydrogen-bond acceptors (Lipinski definition) is 9. The van der Waals surface area contributed by atoms with Gasteiger partial charge in [-0.05, 0) is 37.6 Å². The number of Topliss-reactive ketones (excluding diaryl/α,β-unsaturated/α-hetero) is 1. The number of amides is 2. The van der Waals surface area contributed by atoms with Gasteiger partial charge in [0.2, 0.25) is 0 Å². The number of hydrogen-bond donors (Lipinski definition) is 3. The molecular formula is C18H21N4O9S+. The molecule has 0 aliphatic heterocycles. The first-order valence-electron chi connectivity index (χ1n) is 9.19. The molecule has 1 heterocycles. The van der Waals surface area contributed by atoms with Crippen LogP contribution in [0.4, 0.5) is 10.6 Å². The van der Waals surface area contributed by atoms with Crippen LogP contribution in [0, 0.1) is 6.92 Å². The molecule has 172 valence electrons. The summed E-state index contributed by atoms with van der Waals surface area (Å²) in [5, 5.41) is 4.36. The van der Waals surface area contributed by atoms with Crippen molar-refractivity contribution in [2.75, 3.05) is 18.5 Å². The molecular weight excluding hydrogens is 448 g/mol. The van der Waals surface area contributed by atoms with E-state index in [2.05, 4.69) is 19.9 Å². The zero-order chi connectivity index (χ0) is 23.9. The maximum absolute atomic E-state index is 12.6. The van der Waals surface area contributed by atoms with E-state index in [0.717, 1.165) is 11.6 Å². The van der Waals surface area contributed by atoms with E-state index >= 15 is 0 Å². The Labute approximate surface area is 183 Å². The van der Waals surface area contributed by atoms with Gasteiger partial charge >= 0.3 is 34.0 Å². The van der Waals surface area contributed by atoms with E-state index in [1.807, 2.05) is 6.92 Å². The minimum Gasteiger partial charge on any atom is -0.438 e. The summed E-state index contributed by atoms with van der Waals surface area (Å²) in [4.78, 5) is 40.4. The Hall–Kier alpha value is -3.78. The number of aryl methyl sites for hydroxylation is 1. The van der Waals surface area contributed by atoms with E-state index in [4.69, 9.17) is 14.0 Å². The number of carbonyl (C=O) groups is 3. The molecule has 0 saturated heterocycles. The topological polar surface area (TPSA) is 174 Å². The van der Waals surface area contributed by atoms with Crippen molar-refractivity contribution in [3.63, 3.8) is 0 Å². The van der Waals surface area contributed by atoms with Crippen LogP contribution < -0.4 is 24.4 Å². The van der Waals surface area contributed by atoms with Gasteiger partial charge in [-0.3, -0.25) is 14.1 Å². The highest BCUT2D eigenvalue weighted by atomic mass is 32.3. The maximum Gasteiger partial charge on any atom is 0.476 e. The fraction of sp³-hybridized carbons (Fsp3) is 0.278. The fourth-order valence-electron chi connectivity index (χ4n) is 2.26. The second kappa shape index (κ2) is 10.5. The summed E-state index contributed by atoms with van der Waals surface area (Å²) in [6.45, 7) is 4.96. The van der Waals surface area contributed by atoms with Crippen molar-refractivity contribution >= 4 is 34.0 Å². The number of rotatable bonds is 9. The average molecular weight is 469 g/mol. The molecule has 0 bridgehead atoms. The van der Waals surface area contributed by atoms with Gasteiger partial charge < -0.3 is 14.8 Å². The Kier molecular flexibility index (Phi) is 8.03. The van der Waals surface area contributed by atoms with E-state index in [1.165, 1.54) is 6.92 Å². The van der Waals surface area contributed by atoms with Gasteiger partial charge in [0, 0.05) is 6.54 Å².